The fourth-order valence-corrected chi connectivity index (χ4v) is 2.28. The van der Waals surface area contributed by atoms with E-state index in [-0.39, 0.29) is 6.10 Å². The zero-order valence-corrected chi connectivity index (χ0v) is 8.21. The minimum Gasteiger partial charge on any atom is -0.392 e. The highest BCUT2D eigenvalue weighted by atomic mass is 16.3. The SMILES string of the molecule is CC1(C)CCCC(C(O)CN)C1. The summed E-state index contributed by atoms with van der Waals surface area (Å²) in [6, 6.07) is 0. The van der Waals surface area contributed by atoms with Crippen molar-refractivity contribution < 1.29 is 5.11 Å². The maximum absolute atomic E-state index is 9.59. The standard InChI is InChI=1S/C10H21NO/c1-10(2)5-3-4-8(6-10)9(12)7-11/h8-9,12H,3-7,11H2,1-2H3. The Balaban J connectivity index is 2.46. The second kappa shape index (κ2) is 3.75. The number of nitrogens with two attached hydrogens (primary N) is 1. The van der Waals surface area contributed by atoms with Crippen molar-refractivity contribution >= 4 is 0 Å². The summed E-state index contributed by atoms with van der Waals surface area (Å²) in [4.78, 5) is 0. The van der Waals surface area contributed by atoms with E-state index in [9.17, 15) is 5.11 Å². The van der Waals surface area contributed by atoms with Crippen LogP contribution in [0.4, 0.5) is 0 Å². The summed E-state index contributed by atoms with van der Waals surface area (Å²) in [5.41, 5.74) is 5.86. The van der Waals surface area contributed by atoms with E-state index in [1.54, 1.807) is 0 Å². The molecule has 2 unspecified atom stereocenters. The molecule has 0 aromatic rings. The molecule has 0 saturated heterocycles. The van der Waals surface area contributed by atoms with Gasteiger partial charge < -0.3 is 10.8 Å². The summed E-state index contributed by atoms with van der Waals surface area (Å²) in [5, 5.41) is 9.59. The fourth-order valence-electron chi connectivity index (χ4n) is 2.28. The first-order valence-corrected chi connectivity index (χ1v) is 4.93. The van der Waals surface area contributed by atoms with Gasteiger partial charge in [0.25, 0.3) is 0 Å². The third kappa shape index (κ3) is 2.46. The average Bonchev–Trinajstić information content (AvgIpc) is 2.01. The van der Waals surface area contributed by atoms with Crippen LogP contribution in [-0.4, -0.2) is 17.8 Å². The van der Waals surface area contributed by atoms with Crippen LogP contribution >= 0.6 is 0 Å². The zero-order valence-electron chi connectivity index (χ0n) is 8.21. The van der Waals surface area contributed by atoms with Crippen molar-refractivity contribution in [3.05, 3.63) is 0 Å². The Bertz CT molecular complexity index is 145. The van der Waals surface area contributed by atoms with Gasteiger partial charge in [0.15, 0.2) is 0 Å². The molecule has 0 aliphatic heterocycles. The molecule has 3 N–H and O–H groups in total. The maximum Gasteiger partial charge on any atom is 0.0690 e. The van der Waals surface area contributed by atoms with E-state index in [2.05, 4.69) is 13.8 Å². The third-order valence-corrected chi connectivity index (χ3v) is 3.03. The molecule has 1 fully saturated rings. The lowest BCUT2D eigenvalue weighted by Crippen LogP contribution is -2.35. The highest BCUT2D eigenvalue weighted by molar-refractivity contribution is 4.83. The lowest BCUT2D eigenvalue weighted by Gasteiger charge is -2.37. The molecule has 0 heterocycles. The normalized spacial score (nSPS) is 31.5. The molecule has 2 nitrogen and oxygen atoms in total. The largest absolute Gasteiger partial charge is 0.392 e. The minimum absolute atomic E-state index is 0.274. The highest BCUT2D eigenvalue weighted by Gasteiger charge is 2.31. The summed E-state index contributed by atoms with van der Waals surface area (Å²) >= 11 is 0. The van der Waals surface area contributed by atoms with E-state index >= 15 is 0 Å². The topological polar surface area (TPSA) is 46.2 Å². The predicted octanol–water partition coefficient (Wildman–Crippen LogP) is 1.52. The van der Waals surface area contributed by atoms with E-state index < -0.39 is 0 Å². The van der Waals surface area contributed by atoms with Crippen LogP contribution in [0, 0.1) is 11.3 Å². The molecule has 1 aliphatic rings. The van der Waals surface area contributed by atoms with Crippen LogP contribution in [-0.2, 0) is 0 Å². The summed E-state index contributed by atoms with van der Waals surface area (Å²) in [6.07, 6.45) is 4.55. The third-order valence-electron chi connectivity index (χ3n) is 3.03. The summed E-state index contributed by atoms with van der Waals surface area (Å²) in [6.45, 7) is 4.98. The Labute approximate surface area is 75.2 Å². The van der Waals surface area contributed by atoms with Crippen LogP contribution in [0.2, 0.25) is 0 Å². The molecule has 0 amide bonds. The molecule has 1 rings (SSSR count). The van der Waals surface area contributed by atoms with Crippen LogP contribution in [0.5, 0.6) is 0 Å². The minimum atomic E-state index is -0.274. The first-order chi connectivity index (χ1) is 5.55. The Morgan fingerprint density at radius 2 is 2.25 bits per heavy atom. The Morgan fingerprint density at radius 1 is 1.58 bits per heavy atom. The molecular formula is C10H21NO. The van der Waals surface area contributed by atoms with Crippen molar-refractivity contribution in [1.29, 1.82) is 0 Å². The molecule has 2 atom stereocenters. The second-order valence-corrected chi connectivity index (χ2v) is 4.82. The number of aliphatic hydroxyl groups excluding tert-OH is 1. The first-order valence-electron chi connectivity index (χ1n) is 4.93. The van der Waals surface area contributed by atoms with Gasteiger partial charge >= 0.3 is 0 Å². The average molecular weight is 171 g/mol. The molecule has 0 aromatic carbocycles. The fraction of sp³-hybridized carbons (Fsp3) is 1.00. The Hall–Kier alpha value is -0.0800. The Morgan fingerprint density at radius 3 is 2.75 bits per heavy atom. The molecule has 1 saturated carbocycles. The van der Waals surface area contributed by atoms with E-state index in [4.69, 9.17) is 5.73 Å². The van der Waals surface area contributed by atoms with Gasteiger partial charge in [0.1, 0.15) is 0 Å². The van der Waals surface area contributed by atoms with Crippen LogP contribution in [0.25, 0.3) is 0 Å². The van der Waals surface area contributed by atoms with Gasteiger partial charge in [-0.25, -0.2) is 0 Å². The first kappa shape index (κ1) is 10.0. The van der Waals surface area contributed by atoms with Crippen LogP contribution in [0.3, 0.4) is 0 Å². The van der Waals surface area contributed by atoms with Crippen LogP contribution < -0.4 is 5.73 Å². The molecule has 1 aliphatic carbocycles. The zero-order chi connectivity index (χ0) is 9.19. The molecule has 0 radical (unpaired) electrons. The summed E-state index contributed by atoms with van der Waals surface area (Å²) < 4.78 is 0. The van der Waals surface area contributed by atoms with Gasteiger partial charge in [-0.1, -0.05) is 20.3 Å². The van der Waals surface area contributed by atoms with Crippen LogP contribution in [0.1, 0.15) is 39.5 Å². The van der Waals surface area contributed by atoms with E-state index in [0.717, 1.165) is 12.8 Å². The number of hydrogen-bond acceptors (Lipinski definition) is 2. The molecule has 2 heteroatoms. The van der Waals surface area contributed by atoms with E-state index in [1.165, 1.54) is 12.8 Å². The van der Waals surface area contributed by atoms with Crippen molar-refractivity contribution in [1.82, 2.24) is 0 Å². The molecule has 0 aromatic heterocycles. The molecule has 72 valence electrons. The van der Waals surface area contributed by atoms with Gasteiger partial charge in [-0.05, 0) is 30.6 Å². The number of rotatable bonds is 2. The smallest absolute Gasteiger partial charge is 0.0690 e. The lowest BCUT2D eigenvalue weighted by molar-refractivity contribution is 0.0524. The van der Waals surface area contributed by atoms with Crippen molar-refractivity contribution in [2.24, 2.45) is 17.1 Å². The van der Waals surface area contributed by atoms with Gasteiger partial charge in [-0.2, -0.15) is 0 Å². The molecular weight excluding hydrogens is 150 g/mol. The molecule has 0 spiro atoms. The van der Waals surface area contributed by atoms with Gasteiger partial charge in [-0.3, -0.25) is 0 Å². The number of aliphatic hydroxyl groups is 1. The van der Waals surface area contributed by atoms with Crippen molar-refractivity contribution in [2.45, 2.75) is 45.6 Å². The van der Waals surface area contributed by atoms with Crippen LogP contribution in [0.15, 0.2) is 0 Å². The Kier molecular flexibility index (Phi) is 3.13. The second-order valence-electron chi connectivity index (χ2n) is 4.82. The predicted molar refractivity (Wildman–Crippen MR) is 50.8 cm³/mol. The highest BCUT2D eigenvalue weighted by Crippen LogP contribution is 2.39. The van der Waals surface area contributed by atoms with Gasteiger partial charge in [0.05, 0.1) is 6.10 Å². The molecule has 0 bridgehead atoms. The summed E-state index contributed by atoms with van der Waals surface area (Å²) in [7, 11) is 0. The van der Waals surface area contributed by atoms with Crippen molar-refractivity contribution in [2.75, 3.05) is 6.54 Å². The van der Waals surface area contributed by atoms with Crippen molar-refractivity contribution in [3.8, 4) is 0 Å². The van der Waals surface area contributed by atoms with Gasteiger partial charge in [-0.15, -0.1) is 0 Å². The lowest BCUT2D eigenvalue weighted by atomic mass is 9.70. The maximum atomic E-state index is 9.59. The quantitative estimate of drug-likeness (QED) is 0.661. The van der Waals surface area contributed by atoms with E-state index in [1.807, 2.05) is 0 Å². The van der Waals surface area contributed by atoms with Crippen molar-refractivity contribution in [3.63, 3.8) is 0 Å². The number of hydrogen-bond donors (Lipinski definition) is 2. The van der Waals surface area contributed by atoms with Gasteiger partial charge in [0, 0.05) is 6.54 Å². The molecule has 12 heavy (non-hydrogen) atoms. The monoisotopic (exact) mass is 171 g/mol. The van der Waals surface area contributed by atoms with E-state index in [0.29, 0.717) is 17.9 Å². The summed E-state index contributed by atoms with van der Waals surface area (Å²) in [5.74, 6) is 0.443. The van der Waals surface area contributed by atoms with Gasteiger partial charge in [0.2, 0.25) is 0 Å².